The van der Waals surface area contributed by atoms with Gasteiger partial charge in [-0.3, -0.25) is 0 Å². The van der Waals surface area contributed by atoms with Crippen LogP contribution in [0.2, 0.25) is 0 Å². The SMILES string of the molecule is Cc1nnc2nc(-c3ccccc3)oc(C)c1-2. The van der Waals surface area contributed by atoms with E-state index in [0.29, 0.717) is 11.7 Å². The lowest BCUT2D eigenvalue weighted by atomic mass is 10.1. The van der Waals surface area contributed by atoms with Crippen LogP contribution in [-0.4, -0.2) is 15.2 Å². The Morgan fingerprint density at radius 2 is 1.76 bits per heavy atom. The summed E-state index contributed by atoms with van der Waals surface area (Å²) in [6, 6.07) is 9.78. The first-order valence-electron chi connectivity index (χ1n) is 5.41. The smallest absolute Gasteiger partial charge is 0.228 e. The van der Waals surface area contributed by atoms with Gasteiger partial charge in [0.05, 0.1) is 11.3 Å². The predicted octanol–water partition coefficient (Wildman–Crippen LogP) is 2.85. The highest BCUT2D eigenvalue weighted by molar-refractivity contribution is 5.64. The quantitative estimate of drug-likeness (QED) is 0.639. The molecule has 0 saturated heterocycles. The number of fused-ring (bicyclic) bond motifs is 1. The Balaban J connectivity index is 2.24. The molecule has 0 aromatic heterocycles. The summed E-state index contributed by atoms with van der Waals surface area (Å²) in [6.07, 6.45) is 0. The van der Waals surface area contributed by atoms with E-state index in [-0.39, 0.29) is 0 Å². The van der Waals surface area contributed by atoms with Gasteiger partial charge in [0.1, 0.15) is 5.76 Å². The van der Waals surface area contributed by atoms with Crippen LogP contribution < -0.4 is 0 Å². The number of aryl methyl sites for hydroxylation is 2. The van der Waals surface area contributed by atoms with Crippen molar-refractivity contribution in [2.24, 2.45) is 0 Å². The lowest BCUT2D eigenvalue weighted by Crippen LogP contribution is -1.92. The number of hydrogen-bond acceptors (Lipinski definition) is 4. The summed E-state index contributed by atoms with van der Waals surface area (Å²) < 4.78 is 5.72. The van der Waals surface area contributed by atoms with E-state index in [4.69, 9.17) is 4.42 Å². The first-order chi connectivity index (χ1) is 8.25. The third kappa shape index (κ3) is 1.58. The molecule has 0 atom stereocenters. The number of rotatable bonds is 1. The molecule has 4 nitrogen and oxygen atoms in total. The van der Waals surface area contributed by atoms with Crippen molar-refractivity contribution in [1.29, 1.82) is 0 Å². The fourth-order valence-electron chi connectivity index (χ4n) is 1.89. The molecule has 2 aliphatic rings. The Morgan fingerprint density at radius 1 is 1.00 bits per heavy atom. The van der Waals surface area contributed by atoms with E-state index in [0.717, 1.165) is 22.6 Å². The van der Waals surface area contributed by atoms with Gasteiger partial charge in [0.2, 0.25) is 5.89 Å². The molecule has 17 heavy (non-hydrogen) atoms. The van der Waals surface area contributed by atoms with Crippen LogP contribution in [0.5, 0.6) is 0 Å². The minimum Gasteiger partial charge on any atom is -0.442 e. The molecular weight excluding hydrogens is 214 g/mol. The van der Waals surface area contributed by atoms with Crippen LogP contribution in [0.3, 0.4) is 0 Å². The van der Waals surface area contributed by atoms with Crippen LogP contribution in [0.25, 0.3) is 22.8 Å². The fourth-order valence-corrected chi connectivity index (χ4v) is 1.89. The topological polar surface area (TPSA) is 51.8 Å². The number of aromatic nitrogens is 3. The zero-order valence-corrected chi connectivity index (χ0v) is 9.64. The first-order valence-corrected chi connectivity index (χ1v) is 5.41. The van der Waals surface area contributed by atoms with Crippen molar-refractivity contribution < 1.29 is 4.42 Å². The van der Waals surface area contributed by atoms with Crippen LogP contribution in [0.15, 0.2) is 34.7 Å². The molecule has 0 unspecified atom stereocenters. The summed E-state index contributed by atoms with van der Waals surface area (Å²) in [5.74, 6) is 2.02. The Hall–Kier alpha value is -2.23. The molecular formula is C13H11N3O. The van der Waals surface area contributed by atoms with E-state index >= 15 is 0 Å². The molecule has 0 spiro atoms. The average molecular weight is 225 g/mol. The maximum atomic E-state index is 5.72. The standard InChI is InChI=1S/C13H11N3O/c1-8-11-9(2)17-13(14-12(11)16-15-8)10-6-4-3-5-7-10/h3-7H,1-2H3. The van der Waals surface area contributed by atoms with Crippen molar-refractivity contribution in [2.45, 2.75) is 13.8 Å². The molecule has 0 bridgehead atoms. The first kappa shape index (κ1) is 9.96. The Morgan fingerprint density at radius 3 is 2.53 bits per heavy atom. The van der Waals surface area contributed by atoms with Crippen LogP contribution in [-0.2, 0) is 0 Å². The Labute approximate surface area is 98.7 Å². The average Bonchev–Trinajstić information content (AvgIpc) is 2.73. The number of hydrogen-bond donors (Lipinski definition) is 0. The van der Waals surface area contributed by atoms with Crippen molar-refractivity contribution in [3.8, 4) is 22.8 Å². The van der Waals surface area contributed by atoms with Crippen LogP contribution in [0.4, 0.5) is 0 Å². The molecule has 84 valence electrons. The van der Waals surface area contributed by atoms with Crippen LogP contribution in [0.1, 0.15) is 11.5 Å². The Bertz CT molecular complexity index is 631. The maximum Gasteiger partial charge on any atom is 0.228 e. The highest BCUT2D eigenvalue weighted by atomic mass is 16.3. The van der Waals surface area contributed by atoms with E-state index in [1.54, 1.807) is 0 Å². The van der Waals surface area contributed by atoms with Gasteiger partial charge in [0, 0.05) is 5.56 Å². The van der Waals surface area contributed by atoms with Gasteiger partial charge in [-0.15, -0.1) is 5.10 Å². The van der Waals surface area contributed by atoms with E-state index in [2.05, 4.69) is 15.2 Å². The van der Waals surface area contributed by atoms with E-state index in [1.165, 1.54) is 0 Å². The van der Waals surface area contributed by atoms with Gasteiger partial charge in [0.15, 0.2) is 5.82 Å². The summed E-state index contributed by atoms with van der Waals surface area (Å²) in [6.45, 7) is 3.81. The third-order valence-corrected chi connectivity index (χ3v) is 2.71. The molecule has 0 saturated carbocycles. The second-order valence-electron chi connectivity index (χ2n) is 3.93. The molecule has 0 amide bonds. The van der Waals surface area contributed by atoms with Gasteiger partial charge >= 0.3 is 0 Å². The summed E-state index contributed by atoms with van der Waals surface area (Å²) in [4.78, 5) is 4.39. The molecule has 2 heterocycles. The van der Waals surface area contributed by atoms with Crippen molar-refractivity contribution in [3.63, 3.8) is 0 Å². The zero-order valence-electron chi connectivity index (χ0n) is 9.64. The molecule has 0 radical (unpaired) electrons. The number of benzene rings is 1. The van der Waals surface area contributed by atoms with Crippen molar-refractivity contribution in [2.75, 3.05) is 0 Å². The summed E-state index contributed by atoms with van der Waals surface area (Å²) in [7, 11) is 0. The second-order valence-corrected chi connectivity index (χ2v) is 3.93. The van der Waals surface area contributed by atoms with Gasteiger partial charge in [-0.2, -0.15) is 10.1 Å². The van der Waals surface area contributed by atoms with Crippen molar-refractivity contribution >= 4 is 0 Å². The monoisotopic (exact) mass is 225 g/mol. The molecule has 0 aliphatic carbocycles. The molecule has 0 N–H and O–H groups in total. The van der Waals surface area contributed by atoms with Crippen molar-refractivity contribution in [1.82, 2.24) is 15.2 Å². The van der Waals surface area contributed by atoms with Gasteiger partial charge in [-0.1, -0.05) is 18.2 Å². The van der Waals surface area contributed by atoms with Gasteiger partial charge < -0.3 is 4.42 Å². The second kappa shape index (κ2) is 3.66. The molecule has 3 rings (SSSR count). The minimum absolute atomic E-state index is 0.579. The highest BCUT2D eigenvalue weighted by Crippen LogP contribution is 2.29. The normalized spacial score (nSPS) is 10.9. The summed E-state index contributed by atoms with van der Waals surface area (Å²) in [5, 5.41) is 8.06. The predicted molar refractivity (Wildman–Crippen MR) is 63.6 cm³/mol. The fraction of sp³-hybridized carbons (Fsp3) is 0.154. The molecule has 0 fully saturated rings. The van der Waals surface area contributed by atoms with Gasteiger partial charge in [-0.05, 0) is 26.0 Å². The van der Waals surface area contributed by atoms with E-state index in [1.807, 2.05) is 44.2 Å². The highest BCUT2D eigenvalue weighted by Gasteiger charge is 2.18. The lowest BCUT2D eigenvalue weighted by Gasteiger charge is -2.05. The largest absolute Gasteiger partial charge is 0.442 e. The maximum absolute atomic E-state index is 5.72. The third-order valence-electron chi connectivity index (χ3n) is 2.71. The zero-order chi connectivity index (χ0) is 11.8. The number of nitrogens with zero attached hydrogens (tertiary/aromatic N) is 3. The molecule has 1 aromatic rings. The minimum atomic E-state index is 0.579. The molecule has 2 aliphatic heterocycles. The van der Waals surface area contributed by atoms with Crippen LogP contribution >= 0.6 is 0 Å². The van der Waals surface area contributed by atoms with E-state index in [9.17, 15) is 0 Å². The van der Waals surface area contributed by atoms with Gasteiger partial charge in [-0.25, -0.2) is 0 Å². The lowest BCUT2D eigenvalue weighted by molar-refractivity contribution is 0.514. The van der Waals surface area contributed by atoms with Crippen LogP contribution in [0, 0.1) is 13.8 Å². The molecule has 1 aromatic carbocycles. The molecule has 4 heteroatoms. The summed E-state index contributed by atoms with van der Waals surface area (Å²) in [5.41, 5.74) is 2.70. The van der Waals surface area contributed by atoms with E-state index < -0.39 is 0 Å². The Kier molecular flexibility index (Phi) is 2.14. The van der Waals surface area contributed by atoms with Gasteiger partial charge in [0.25, 0.3) is 0 Å². The summed E-state index contributed by atoms with van der Waals surface area (Å²) >= 11 is 0. The van der Waals surface area contributed by atoms with Crippen molar-refractivity contribution in [3.05, 3.63) is 41.8 Å².